The Morgan fingerprint density at radius 1 is 1.50 bits per heavy atom. The average molecular weight is 209 g/mol. The van der Waals surface area contributed by atoms with E-state index in [0.29, 0.717) is 5.92 Å². The maximum absolute atomic E-state index is 10.8. The first kappa shape index (κ1) is 8.30. The molecule has 0 amide bonds. The van der Waals surface area contributed by atoms with E-state index in [2.05, 4.69) is 0 Å². The van der Waals surface area contributed by atoms with Gasteiger partial charge in [0.25, 0.3) is 0 Å². The fraction of sp³-hybridized carbons (Fsp3) is 0.364. The van der Waals surface area contributed by atoms with E-state index in [0.717, 1.165) is 17.0 Å². The second-order valence-electron chi connectivity index (χ2n) is 4.07. The topological polar surface area (TPSA) is 37.3 Å². The summed E-state index contributed by atoms with van der Waals surface area (Å²) in [5.41, 5.74) is 2.33. The molecule has 3 atom stereocenters. The van der Waals surface area contributed by atoms with Crippen molar-refractivity contribution >= 4 is 17.6 Å². The molecule has 3 heteroatoms. The van der Waals surface area contributed by atoms with Crippen molar-refractivity contribution in [2.45, 2.75) is 12.3 Å². The van der Waals surface area contributed by atoms with Crippen LogP contribution in [0.15, 0.2) is 18.2 Å². The fourth-order valence-electron chi connectivity index (χ4n) is 2.73. The maximum atomic E-state index is 10.8. The van der Waals surface area contributed by atoms with Gasteiger partial charge in [-0.3, -0.25) is 4.79 Å². The molecule has 0 saturated heterocycles. The van der Waals surface area contributed by atoms with Crippen LogP contribution >= 0.6 is 11.6 Å². The smallest absolute Gasteiger partial charge is 0.307 e. The minimum Gasteiger partial charge on any atom is -0.481 e. The molecular formula is C11H9ClO2. The van der Waals surface area contributed by atoms with Crippen LogP contribution in [-0.2, 0) is 11.2 Å². The van der Waals surface area contributed by atoms with Gasteiger partial charge < -0.3 is 5.11 Å². The third-order valence-corrected chi connectivity index (χ3v) is 3.76. The number of hydrogen-bond donors (Lipinski definition) is 1. The summed E-state index contributed by atoms with van der Waals surface area (Å²) in [4.78, 5) is 10.8. The summed E-state index contributed by atoms with van der Waals surface area (Å²) in [5.74, 6) is -0.268. The third-order valence-electron chi connectivity index (χ3n) is 3.41. The highest BCUT2D eigenvalue weighted by Crippen LogP contribution is 2.62. The van der Waals surface area contributed by atoms with Crippen molar-refractivity contribution in [3.8, 4) is 0 Å². The van der Waals surface area contributed by atoms with Crippen molar-refractivity contribution in [2.24, 2.45) is 11.8 Å². The molecule has 1 aromatic rings. The molecule has 1 N–H and O–H groups in total. The maximum Gasteiger partial charge on any atom is 0.307 e. The number of fused-ring (bicyclic) bond motifs is 3. The first-order chi connectivity index (χ1) is 6.70. The molecule has 2 aliphatic rings. The molecule has 0 spiro atoms. The highest BCUT2D eigenvalue weighted by Gasteiger charge is 2.59. The summed E-state index contributed by atoms with van der Waals surface area (Å²) in [6, 6.07) is 5.79. The Morgan fingerprint density at radius 2 is 2.29 bits per heavy atom. The van der Waals surface area contributed by atoms with Gasteiger partial charge in [-0.1, -0.05) is 23.7 Å². The van der Waals surface area contributed by atoms with Gasteiger partial charge in [-0.05, 0) is 29.5 Å². The number of aliphatic carboxylic acids is 1. The molecule has 1 aromatic carbocycles. The zero-order chi connectivity index (χ0) is 9.87. The Bertz CT molecular complexity index is 427. The molecule has 0 unspecified atom stereocenters. The van der Waals surface area contributed by atoms with Crippen LogP contribution in [-0.4, -0.2) is 11.1 Å². The Labute approximate surface area is 86.5 Å². The lowest BCUT2D eigenvalue weighted by molar-refractivity contribution is -0.139. The minimum atomic E-state index is -0.661. The second-order valence-corrected chi connectivity index (χ2v) is 4.47. The standard InChI is InChI=1S/C11H9ClO2/c12-8-3-1-2-5-6(8)4-7-9(5)10(7)11(13)14/h1-3,7,9-10H,4H2,(H,13,14)/t7-,9-,10-/m1/s1. The summed E-state index contributed by atoms with van der Waals surface area (Å²) in [5, 5.41) is 9.71. The second kappa shape index (κ2) is 2.51. The van der Waals surface area contributed by atoms with Crippen LogP contribution in [0.4, 0.5) is 0 Å². The summed E-state index contributed by atoms with van der Waals surface area (Å²) >= 11 is 6.04. The van der Waals surface area contributed by atoms with Gasteiger partial charge in [-0.15, -0.1) is 0 Å². The van der Waals surface area contributed by atoms with Crippen molar-refractivity contribution in [1.82, 2.24) is 0 Å². The molecule has 0 aromatic heterocycles. The number of carboxylic acid groups (broad SMARTS) is 1. The van der Waals surface area contributed by atoms with Gasteiger partial charge in [0, 0.05) is 10.9 Å². The van der Waals surface area contributed by atoms with Gasteiger partial charge in [-0.2, -0.15) is 0 Å². The van der Waals surface area contributed by atoms with Gasteiger partial charge in [-0.25, -0.2) is 0 Å². The van der Waals surface area contributed by atoms with Gasteiger partial charge in [0.1, 0.15) is 0 Å². The predicted molar refractivity (Wildman–Crippen MR) is 52.5 cm³/mol. The van der Waals surface area contributed by atoms with Crippen LogP contribution in [0.2, 0.25) is 5.02 Å². The molecule has 3 rings (SSSR count). The first-order valence-corrected chi connectivity index (χ1v) is 5.08. The quantitative estimate of drug-likeness (QED) is 0.769. The Hall–Kier alpha value is -1.02. The van der Waals surface area contributed by atoms with E-state index >= 15 is 0 Å². The minimum absolute atomic E-state index is 0.152. The molecule has 72 valence electrons. The van der Waals surface area contributed by atoms with Gasteiger partial charge in [0.2, 0.25) is 0 Å². The summed E-state index contributed by atoms with van der Waals surface area (Å²) in [7, 11) is 0. The summed E-state index contributed by atoms with van der Waals surface area (Å²) < 4.78 is 0. The van der Waals surface area contributed by atoms with Crippen LogP contribution in [0.25, 0.3) is 0 Å². The predicted octanol–water partition coefficient (Wildman–Crippen LogP) is 2.31. The summed E-state index contributed by atoms with van der Waals surface area (Å²) in [6.45, 7) is 0. The van der Waals surface area contributed by atoms with Crippen molar-refractivity contribution in [3.05, 3.63) is 34.3 Å². The molecule has 0 bridgehead atoms. The van der Waals surface area contributed by atoms with Crippen molar-refractivity contribution < 1.29 is 9.90 Å². The summed E-state index contributed by atoms with van der Waals surface area (Å²) in [6.07, 6.45) is 0.844. The highest BCUT2D eigenvalue weighted by molar-refractivity contribution is 6.31. The lowest BCUT2D eigenvalue weighted by Crippen LogP contribution is -2.05. The molecule has 0 radical (unpaired) electrons. The molecule has 14 heavy (non-hydrogen) atoms. The van der Waals surface area contributed by atoms with Crippen LogP contribution in [0.5, 0.6) is 0 Å². The van der Waals surface area contributed by atoms with Gasteiger partial charge in [0.15, 0.2) is 0 Å². The van der Waals surface area contributed by atoms with Crippen molar-refractivity contribution in [3.63, 3.8) is 0 Å². The molecule has 2 aliphatic carbocycles. The molecule has 2 nitrogen and oxygen atoms in total. The number of hydrogen-bond acceptors (Lipinski definition) is 1. The first-order valence-electron chi connectivity index (χ1n) is 4.70. The lowest BCUT2D eigenvalue weighted by Gasteiger charge is -2.06. The van der Waals surface area contributed by atoms with Crippen LogP contribution in [0.3, 0.4) is 0 Å². The number of carboxylic acids is 1. The van der Waals surface area contributed by atoms with Crippen molar-refractivity contribution in [1.29, 1.82) is 0 Å². The molecule has 0 heterocycles. The Kier molecular flexibility index (Phi) is 1.49. The SMILES string of the molecule is O=C(O)[C@@H]1[C@@H]2Cc3c(Cl)cccc3[C@H]21. The monoisotopic (exact) mass is 208 g/mol. The van der Waals surface area contributed by atoms with Gasteiger partial charge >= 0.3 is 5.97 Å². The Morgan fingerprint density at radius 3 is 3.00 bits per heavy atom. The number of benzene rings is 1. The average Bonchev–Trinajstić information content (AvgIpc) is 2.73. The largest absolute Gasteiger partial charge is 0.481 e. The third kappa shape index (κ3) is 0.894. The van der Waals surface area contributed by atoms with E-state index in [4.69, 9.17) is 16.7 Å². The highest BCUT2D eigenvalue weighted by atomic mass is 35.5. The number of halogens is 1. The molecule has 1 fully saturated rings. The number of rotatable bonds is 1. The van der Waals surface area contributed by atoms with Crippen LogP contribution in [0, 0.1) is 11.8 Å². The molecular weight excluding hydrogens is 200 g/mol. The normalized spacial score (nSPS) is 32.2. The van der Waals surface area contributed by atoms with E-state index in [1.807, 2.05) is 18.2 Å². The number of carbonyl (C=O) groups is 1. The fourth-order valence-corrected chi connectivity index (χ4v) is 2.99. The van der Waals surface area contributed by atoms with E-state index in [9.17, 15) is 4.79 Å². The molecule has 1 saturated carbocycles. The van der Waals surface area contributed by atoms with E-state index in [1.165, 1.54) is 5.56 Å². The zero-order valence-corrected chi connectivity index (χ0v) is 8.16. The zero-order valence-electron chi connectivity index (χ0n) is 7.40. The Balaban J connectivity index is 2.03. The molecule has 0 aliphatic heterocycles. The van der Waals surface area contributed by atoms with E-state index in [1.54, 1.807) is 0 Å². The van der Waals surface area contributed by atoms with Crippen LogP contribution in [0.1, 0.15) is 17.0 Å². The van der Waals surface area contributed by atoms with E-state index < -0.39 is 5.97 Å². The van der Waals surface area contributed by atoms with Crippen molar-refractivity contribution in [2.75, 3.05) is 0 Å². The van der Waals surface area contributed by atoms with Gasteiger partial charge in [0.05, 0.1) is 5.92 Å². The lowest BCUT2D eigenvalue weighted by atomic mass is 10.0. The van der Waals surface area contributed by atoms with E-state index in [-0.39, 0.29) is 11.8 Å². The van der Waals surface area contributed by atoms with Crippen LogP contribution < -0.4 is 0 Å².